The molecule has 1 N–H and O–H groups in total. The highest BCUT2D eigenvalue weighted by molar-refractivity contribution is 5.92. The van der Waals surface area contributed by atoms with Gasteiger partial charge in [0.25, 0.3) is 0 Å². The first-order valence-corrected chi connectivity index (χ1v) is 8.14. The Bertz CT molecular complexity index is 789. The number of anilines is 1. The number of aromatic nitrogens is 2. The van der Waals surface area contributed by atoms with Crippen LogP contribution in [0.4, 0.5) is 5.69 Å². The number of carbonyl (C=O) groups is 2. The molecule has 0 saturated carbocycles. The number of amides is 1. The number of hydrogen-bond donors (Lipinski definition) is 1. The molecule has 0 bridgehead atoms. The highest BCUT2D eigenvalue weighted by Crippen LogP contribution is 2.15. The molecule has 6 nitrogen and oxygen atoms in total. The molecule has 0 saturated heterocycles. The van der Waals surface area contributed by atoms with E-state index in [0.717, 1.165) is 22.5 Å². The smallest absolute Gasteiger partial charge is 0.330 e. The van der Waals surface area contributed by atoms with Crippen molar-refractivity contribution >= 4 is 23.6 Å². The summed E-state index contributed by atoms with van der Waals surface area (Å²) in [6.07, 6.45) is 3.34. The van der Waals surface area contributed by atoms with Crippen molar-refractivity contribution in [3.05, 3.63) is 52.9 Å². The average molecular weight is 341 g/mol. The molecule has 0 aliphatic carbocycles. The summed E-state index contributed by atoms with van der Waals surface area (Å²) in [5.41, 5.74) is 4.37. The number of carbonyl (C=O) groups excluding carboxylic acids is 2. The van der Waals surface area contributed by atoms with E-state index in [2.05, 4.69) is 10.4 Å². The maximum atomic E-state index is 12.2. The SMILES string of the molecule is CCOC(=O)/C=C/c1ccc(NC(=O)Cc2c(C)nn(C)c2C)cc1. The summed E-state index contributed by atoms with van der Waals surface area (Å²) < 4.78 is 6.61. The summed E-state index contributed by atoms with van der Waals surface area (Å²) in [6, 6.07) is 7.25. The molecule has 25 heavy (non-hydrogen) atoms. The topological polar surface area (TPSA) is 73.2 Å². The summed E-state index contributed by atoms with van der Waals surface area (Å²) in [6.45, 7) is 5.97. The number of rotatable bonds is 6. The molecule has 0 spiro atoms. The number of hydrogen-bond acceptors (Lipinski definition) is 4. The number of benzene rings is 1. The fraction of sp³-hybridized carbons (Fsp3) is 0.316. The van der Waals surface area contributed by atoms with Crippen LogP contribution >= 0.6 is 0 Å². The lowest BCUT2D eigenvalue weighted by Gasteiger charge is -2.06. The van der Waals surface area contributed by atoms with E-state index in [1.807, 2.05) is 33.0 Å². The maximum absolute atomic E-state index is 12.2. The lowest BCUT2D eigenvalue weighted by Crippen LogP contribution is -2.15. The second-order valence-corrected chi connectivity index (χ2v) is 5.71. The highest BCUT2D eigenvalue weighted by Gasteiger charge is 2.13. The van der Waals surface area contributed by atoms with Crippen molar-refractivity contribution in [3.8, 4) is 0 Å². The Morgan fingerprint density at radius 3 is 2.48 bits per heavy atom. The van der Waals surface area contributed by atoms with Crippen molar-refractivity contribution in [2.75, 3.05) is 11.9 Å². The van der Waals surface area contributed by atoms with E-state index in [-0.39, 0.29) is 18.3 Å². The number of esters is 1. The molecule has 0 fully saturated rings. The second kappa shape index (κ2) is 8.28. The number of ether oxygens (including phenoxy) is 1. The van der Waals surface area contributed by atoms with Crippen LogP contribution in [0.25, 0.3) is 6.08 Å². The van der Waals surface area contributed by atoms with Crippen LogP contribution in [0.15, 0.2) is 30.3 Å². The molecule has 132 valence electrons. The lowest BCUT2D eigenvalue weighted by atomic mass is 10.1. The van der Waals surface area contributed by atoms with Gasteiger partial charge in [-0.2, -0.15) is 5.10 Å². The third kappa shape index (κ3) is 5.04. The van der Waals surface area contributed by atoms with E-state index >= 15 is 0 Å². The number of nitrogens with one attached hydrogen (secondary N) is 1. The van der Waals surface area contributed by atoms with Crippen LogP contribution < -0.4 is 5.32 Å². The highest BCUT2D eigenvalue weighted by atomic mass is 16.5. The van der Waals surface area contributed by atoms with Gasteiger partial charge in [-0.3, -0.25) is 9.48 Å². The Labute approximate surface area is 147 Å². The molecule has 0 unspecified atom stereocenters. The molecule has 0 radical (unpaired) electrons. The van der Waals surface area contributed by atoms with Gasteiger partial charge >= 0.3 is 5.97 Å². The lowest BCUT2D eigenvalue weighted by molar-refractivity contribution is -0.137. The molecule has 1 amide bonds. The predicted octanol–water partition coefficient (Wildman–Crippen LogP) is 2.79. The van der Waals surface area contributed by atoms with Gasteiger partial charge in [0.2, 0.25) is 5.91 Å². The van der Waals surface area contributed by atoms with Gasteiger partial charge < -0.3 is 10.1 Å². The van der Waals surface area contributed by atoms with Crippen molar-refractivity contribution in [2.24, 2.45) is 7.05 Å². The van der Waals surface area contributed by atoms with Crippen molar-refractivity contribution in [1.29, 1.82) is 0 Å². The van der Waals surface area contributed by atoms with Crippen LogP contribution in [-0.2, 0) is 27.8 Å². The first-order valence-electron chi connectivity index (χ1n) is 8.14. The van der Waals surface area contributed by atoms with Gasteiger partial charge in [0.15, 0.2) is 0 Å². The largest absolute Gasteiger partial charge is 0.463 e. The van der Waals surface area contributed by atoms with Crippen molar-refractivity contribution < 1.29 is 14.3 Å². The molecule has 1 aromatic heterocycles. The van der Waals surface area contributed by atoms with Crippen molar-refractivity contribution in [2.45, 2.75) is 27.2 Å². The van der Waals surface area contributed by atoms with E-state index in [9.17, 15) is 9.59 Å². The maximum Gasteiger partial charge on any atom is 0.330 e. The molecular weight excluding hydrogens is 318 g/mol. The molecule has 0 atom stereocenters. The monoisotopic (exact) mass is 341 g/mol. The summed E-state index contributed by atoms with van der Waals surface area (Å²) in [7, 11) is 1.87. The van der Waals surface area contributed by atoms with Gasteiger partial charge in [0, 0.05) is 30.1 Å². The fourth-order valence-electron chi connectivity index (χ4n) is 2.47. The van der Waals surface area contributed by atoms with Crippen LogP contribution in [0.2, 0.25) is 0 Å². The predicted molar refractivity (Wildman–Crippen MR) is 97.1 cm³/mol. The third-order valence-electron chi connectivity index (χ3n) is 3.89. The van der Waals surface area contributed by atoms with Crippen LogP contribution in [0.1, 0.15) is 29.4 Å². The van der Waals surface area contributed by atoms with Gasteiger partial charge in [-0.25, -0.2) is 4.79 Å². The summed E-state index contributed by atoms with van der Waals surface area (Å²) in [5, 5.41) is 7.20. The molecule has 0 aliphatic heterocycles. The number of aryl methyl sites for hydroxylation is 2. The molecule has 0 aliphatic rings. The van der Waals surface area contributed by atoms with Gasteiger partial charge in [0.1, 0.15) is 0 Å². The van der Waals surface area contributed by atoms with Gasteiger partial charge in [0.05, 0.1) is 18.7 Å². The minimum atomic E-state index is -0.373. The molecular formula is C19H23N3O3. The Kier molecular flexibility index (Phi) is 6.11. The van der Waals surface area contributed by atoms with E-state index in [1.165, 1.54) is 6.08 Å². The first-order chi connectivity index (χ1) is 11.9. The summed E-state index contributed by atoms with van der Waals surface area (Å²) >= 11 is 0. The Balaban J connectivity index is 1.96. The van der Waals surface area contributed by atoms with E-state index in [0.29, 0.717) is 12.3 Å². The molecule has 1 heterocycles. The summed E-state index contributed by atoms with van der Waals surface area (Å²) in [5.74, 6) is -0.462. The van der Waals surface area contributed by atoms with Crippen LogP contribution in [0.3, 0.4) is 0 Å². The Morgan fingerprint density at radius 1 is 1.24 bits per heavy atom. The van der Waals surface area contributed by atoms with Crippen LogP contribution in [-0.4, -0.2) is 28.3 Å². The van der Waals surface area contributed by atoms with E-state index in [1.54, 1.807) is 29.8 Å². The fourth-order valence-corrected chi connectivity index (χ4v) is 2.47. The van der Waals surface area contributed by atoms with Crippen LogP contribution in [0.5, 0.6) is 0 Å². The number of nitrogens with zero attached hydrogens (tertiary/aromatic N) is 2. The minimum absolute atomic E-state index is 0.0889. The second-order valence-electron chi connectivity index (χ2n) is 5.71. The molecule has 2 aromatic rings. The Morgan fingerprint density at radius 2 is 1.92 bits per heavy atom. The van der Waals surface area contributed by atoms with Gasteiger partial charge in [-0.05, 0) is 44.5 Å². The zero-order valence-electron chi connectivity index (χ0n) is 15.0. The quantitative estimate of drug-likeness (QED) is 0.648. The van der Waals surface area contributed by atoms with Crippen molar-refractivity contribution in [1.82, 2.24) is 9.78 Å². The zero-order chi connectivity index (χ0) is 18.4. The average Bonchev–Trinajstić information content (AvgIpc) is 2.81. The summed E-state index contributed by atoms with van der Waals surface area (Å²) in [4.78, 5) is 23.5. The molecule has 1 aromatic carbocycles. The van der Waals surface area contributed by atoms with Gasteiger partial charge in [-0.15, -0.1) is 0 Å². The molecule has 2 rings (SSSR count). The standard InChI is InChI=1S/C19H23N3O3/c1-5-25-19(24)11-8-15-6-9-16(10-7-15)20-18(23)12-17-13(2)21-22(4)14(17)3/h6-11H,5,12H2,1-4H3,(H,20,23)/b11-8+. The van der Waals surface area contributed by atoms with Gasteiger partial charge in [-0.1, -0.05) is 12.1 Å². The zero-order valence-corrected chi connectivity index (χ0v) is 15.0. The normalized spacial score (nSPS) is 10.9. The van der Waals surface area contributed by atoms with E-state index in [4.69, 9.17) is 4.74 Å². The van der Waals surface area contributed by atoms with Crippen LogP contribution in [0, 0.1) is 13.8 Å². The Hall–Kier alpha value is -2.89. The first kappa shape index (κ1) is 18.4. The third-order valence-corrected chi connectivity index (χ3v) is 3.89. The van der Waals surface area contributed by atoms with Crippen molar-refractivity contribution in [3.63, 3.8) is 0 Å². The minimum Gasteiger partial charge on any atom is -0.463 e. The van der Waals surface area contributed by atoms with E-state index < -0.39 is 0 Å². The molecule has 6 heteroatoms.